The first-order valence-electron chi connectivity index (χ1n) is 4.86. The fraction of sp³-hybridized carbons (Fsp3) is 0.400. The fourth-order valence-corrected chi connectivity index (χ4v) is 2.24. The molecule has 0 amide bonds. The van der Waals surface area contributed by atoms with Crippen LogP contribution >= 0.6 is 15.9 Å². The molecule has 0 aromatic heterocycles. The molecule has 17 heavy (non-hydrogen) atoms. The molecule has 0 aliphatic heterocycles. The van der Waals surface area contributed by atoms with E-state index in [9.17, 15) is 8.42 Å². The summed E-state index contributed by atoms with van der Waals surface area (Å²) in [5, 5.41) is 0. The van der Waals surface area contributed by atoms with E-state index in [-0.39, 0.29) is 11.5 Å². The zero-order valence-corrected chi connectivity index (χ0v) is 12.0. The van der Waals surface area contributed by atoms with Crippen LogP contribution in [0.2, 0.25) is 0 Å². The van der Waals surface area contributed by atoms with Gasteiger partial charge in [0.2, 0.25) is 0 Å². The van der Waals surface area contributed by atoms with Gasteiger partial charge in [0, 0.05) is 11.6 Å². The summed E-state index contributed by atoms with van der Waals surface area (Å²) in [7, 11) is -2.12. The smallest absolute Gasteiger partial charge is 0.262 e. The van der Waals surface area contributed by atoms with Crippen LogP contribution in [0.4, 0.5) is 0 Å². The first-order chi connectivity index (χ1) is 7.97. The van der Waals surface area contributed by atoms with Crippen LogP contribution in [0.1, 0.15) is 5.56 Å². The third kappa shape index (κ3) is 4.36. The van der Waals surface area contributed by atoms with Gasteiger partial charge < -0.3 is 4.74 Å². The van der Waals surface area contributed by atoms with Gasteiger partial charge in [-0.05, 0) is 30.7 Å². The molecule has 0 saturated carbocycles. The molecule has 0 aliphatic carbocycles. The van der Waals surface area contributed by atoms with Crippen LogP contribution in [-0.4, -0.2) is 28.7 Å². The van der Waals surface area contributed by atoms with Crippen molar-refractivity contribution in [3.63, 3.8) is 0 Å². The predicted octanol–water partition coefficient (Wildman–Crippen LogP) is 1.61. The number of hydrogen-bond acceptors (Lipinski definition) is 4. The van der Waals surface area contributed by atoms with Gasteiger partial charge in [-0.15, -0.1) is 0 Å². The Morgan fingerprint density at radius 2 is 2.06 bits per heavy atom. The largest absolute Gasteiger partial charge is 0.382 e. The Kier molecular flexibility index (Phi) is 5.54. The van der Waals surface area contributed by atoms with Crippen molar-refractivity contribution >= 4 is 26.0 Å². The van der Waals surface area contributed by atoms with Gasteiger partial charge in [-0.2, -0.15) is 0 Å². The number of halogens is 1. The standard InChI is InChI=1S/C10H14BrNO4S/c1-8-7-9(3-4-10(8)11)17(13,14)12-16-6-5-15-2/h3-4,7,12H,5-6H2,1-2H3. The topological polar surface area (TPSA) is 64.6 Å². The quantitative estimate of drug-likeness (QED) is 0.638. The zero-order valence-electron chi connectivity index (χ0n) is 9.57. The molecule has 1 rings (SSSR count). The van der Waals surface area contributed by atoms with Gasteiger partial charge in [-0.1, -0.05) is 20.8 Å². The van der Waals surface area contributed by atoms with Gasteiger partial charge in [0.25, 0.3) is 10.0 Å². The second-order valence-electron chi connectivity index (χ2n) is 3.34. The van der Waals surface area contributed by atoms with Crippen LogP contribution in [0.5, 0.6) is 0 Å². The van der Waals surface area contributed by atoms with Crippen LogP contribution in [-0.2, 0) is 19.6 Å². The van der Waals surface area contributed by atoms with E-state index in [1.807, 2.05) is 11.8 Å². The summed E-state index contributed by atoms with van der Waals surface area (Å²) in [5.41, 5.74) is 0.838. The van der Waals surface area contributed by atoms with Crippen LogP contribution in [0, 0.1) is 6.92 Å². The molecular weight excluding hydrogens is 310 g/mol. The van der Waals surface area contributed by atoms with E-state index in [0.717, 1.165) is 10.0 Å². The molecule has 0 fully saturated rings. The summed E-state index contributed by atoms with van der Waals surface area (Å²) < 4.78 is 29.1. The zero-order chi connectivity index (χ0) is 12.9. The minimum atomic E-state index is -3.63. The molecule has 0 atom stereocenters. The van der Waals surface area contributed by atoms with E-state index in [1.54, 1.807) is 12.1 Å². The summed E-state index contributed by atoms with van der Waals surface area (Å²) >= 11 is 3.31. The molecule has 0 bridgehead atoms. The third-order valence-electron chi connectivity index (χ3n) is 2.00. The van der Waals surface area contributed by atoms with Crippen molar-refractivity contribution in [2.24, 2.45) is 0 Å². The minimum Gasteiger partial charge on any atom is -0.382 e. The molecule has 0 spiro atoms. The van der Waals surface area contributed by atoms with Gasteiger partial charge in [0.1, 0.15) is 0 Å². The number of benzene rings is 1. The second kappa shape index (κ2) is 6.46. The van der Waals surface area contributed by atoms with E-state index in [0.29, 0.717) is 6.61 Å². The monoisotopic (exact) mass is 323 g/mol. The van der Waals surface area contributed by atoms with E-state index in [2.05, 4.69) is 15.9 Å². The lowest BCUT2D eigenvalue weighted by Crippen LogP contribution is -2.25. The van der Waals surface area contributed by atoms with E-state index in [1.165, 1.54) is 13.2 Å². The van der Waals surface area contributed by atoms with E-state index in [4.69, 9.17) is 9.57 Å². The molecule has 7 heteroatoms. The summed E-state index contributed by atoms with van der Waals surface area (Å²) in [6, 6.07) is 4.74. The van der Waals surface area contributed by atoms with Gasteiger partial charge in [-0.3, -0.25) is 4.84 Å². The van der Waals surface area contributed by atoms with Crippen molar-refractivity contribution in [1.29, 1.82) is 0 Å². The van der Waals surface area contributed by atoms with Crippen molar-refractivity contribution in [2.45, 2.75) is 11.8 Å². The third-order valence-corrected chi connectivity index (χ3v) is 4.10. The van der Waals surface area contributed by atoms with E-state index >= 15 is 0 Å². The maximum absolute atomic E-state index is 11.8. The van der Waals surface area contributed by atoms with Crippen molar-refractivity contribution in [2.75, 3.05) is 20.3 Å². The first-order valence-corrected chi connectivity index (χ1v) is 7.13. The van der Waals surface area contributed by atoms with Crippen LogP contribution in [0.3, 0.4) is 0 Å². The number of ether oxygens (including phenoxy) is 1. The lowest BCUT2D eigenvalue weighted by Gasteiger charge is -2.08. The molecule has 1 N–H and O–H groups in total. The number of nitrogens with one attached hydrogen (secondary N) is 1. The van der Waals surface area contributed by atoms with Crippen molar-refractivity contribution in [1.82, 2.24) is 4.89 Å². The Balaban J connectivity index is 2.72. The summed E-state index contributed by atoms with van der Waals surface area (Å²) in [6.45, 7) is 2.29. The Bertz CT molecular complexity index is 475. The number of methoxy groups -OCH3 is 1. The van der Waals surface area contributed by atoms with Gasteiger partial charge >= 0.3 is 0 Å². The van der Waals surface area contributed by atoms with Crippen LogP contribution < -0.4 is 4.89 Å². The lowest BCUT2D eigenvalue weighted by molar-refractivity contribution is 0.0438. The van der Waals surface area contributed by atoms with Crippen LogP contribution in [0.25, 0.3) is 0 Å². The Hall–Kier alpha value is -0.470. The predicted molar refractivity (Wildman–Crippen MR) is 67.0 cm³/mol. The molecule has 1 aromatic carbocycles. The van der Waals surface area contributed by atoms with Crippen molar-refractivity contribution in [3.8, 4) is 0 Å². The molecule has 0 radical (unpaired) electrons. The number of aryl methyl sites for hydroxylation is 1. The SMILES string of the molecule is COCCONS(=O)(=O)c1ccc(Br)c(C)c1. The molecule has 0 heterocycles. The van der Waals surface area contributed by atoms with Gasteiger partial charge in [-0.25, -0.2) is 8.42 Å². The summed E-state index contributed by atoms with van der Waals surface area (Å²) in [4.78, 5) is 6.98. The highest BCUT2D eigenvalue weighted by molar-refractivity contribution is 9.10. The summed E-state index contributed by atoms with van der Waals surface area (Å²) in [5.74, 6) is 0. The average molecular weight is 324 g/mol. The molecule has 1 aromatic rings. The molecule has 5 nitrogen and oxygen atoms in total. The number of sulfonamides is 1. The Morgan fingerprint density at radius 1 is 1.35 bits per heavy atom. The lowest BCUT2D eigenvalue weighted by atomic mass is 10.2. The molecule has 0 aliphatic rings. The highest BCUT2D eigenvalue weighted by atomic mass is 79.9. The normalized spacial score (nSPS) is 11.7. The molecule has 96 valence electrons. The fourth-order valence-electron chi connectivity index (χ4n) is 1.08. The molecule has 0 unspecified atom stereocenters. The molecular formula is C10H14BrNO4S. The summed E-state index contributed by atoms with van der Waals surface area (Å²) in [6.07, 6.45) is 0. The maximum atomic E-state index is 11.8. The van der Waals surface area contributed by atoms with Crippen molar-refractivity contribution < 1.29 is 18.0 Å². The van der Waals surface area contributed by atoms with Gasteiger partial charge in [0.05, 0.1) is 18.1 Å². The maximum Gasteiger partial charge on any atom is 0.262 e. The minimum absolute atomic E-state index is 0.158. The highest BCUT2D eigenvalue weighted by Gasteiger charge is 2.14. The van der Waals surface area contributed by atoms with E-state index < -0.39 is 10.0 Å². The van der Waals surface area contributed by atoms with Crippen molar-refractivity contribution in [3.05, 3.63) is 28.2 Å². The second-order valence-corrected chi connectivity index (χ2v) is 5.84. The molecule has 0 saturated heterocycles. The first kappa shape index (κ1) is 14.6. The Labute approximate surface area is 109 Å². The van der Waals surface area contributed by atoms with Gasteiger partial charge in [0.15, 0.2) is 0 Å². The number of rotatable bonds is 6. The van der Waals surface area contributed by atoms with Crippen LogP contribution in [0.15, 0.2) is 27.6 Å². The number of hydrogen-bond donors (Lipinski definition) is 1. The average Bonchev–Trinajstić information content (AvgIpc) is 2.28. The Morgan fingerprint density at radius 3 is 2.65 bits per heavy atom. The highest BCUT2D eigenvalue weighted by Crippen LogP contribution is 2.19.